The summed E-state index contributed by atoms with van der Waals surface area (Å²) in [4.78, 5) is 36.6. The van der Waals surface area contributed by atoms with Gasteiger partial charge in [0.25, 0.3) is 5.78 Å². The van der Waals surface area contributed by atoms with Crippen molar-refractivity contribution in [1.82, 2.24) is 30.2 Å². The van der Waals surface area contributed by atoms with E-state index in [9.17, 15) is 9.59 Å². The Hall–Kier alpha value is -3.89. The van der Waals surface area contributed by atoms with E-state index in [1.54, 1.807) is 32.7 Å². The zero-order chi connectivity index (χ0) is 25.9. The van der Waals surface area contributed by atoms with Gasteiger partial charge in [-0.05, 0) is 50.3 Å². The van der Waals surface area contributed by atoms with Crippen molar-refractivity contribution in [3.63, 3.8) is 0 Å². The van der Waals surface area contributed by atoms with Gasteiger partial charge in [0, 0.05) is 43.6 Å². The lowest BCUT2D eigenvalue weighted by Crippen LogP contribution is -2.52. The second-order valence-electron chi connectivity index (χ2n) is 9.59. The summed E-state index contributed by atoms with van der Waals surface area (Å²) in [6, 6.07) is 4.71. The number of anilines is 1. The normalized spacial score (nSPS) is 16.4. The second kappa shape index (κ2) is 10.6. The van der Waals surface area contributed by atoms with Crippen molar-refractivity contribution in [1.29, 1.82) is 0 Å². The van der Waals surface area contributed by atoms with E-state index in [2.05, 4.69) is 30.6 Å². The Morgan fingerprint density at radius 3 is 2.70 bits per heavy atom. The van der Waals surface area contributed by atoms with Crippen molar-refractivity contribution in [2.45, 2.75) is 57.5 Å². The molecule has 2 aliphatic rings. The quantitative estimate of drug-likeness (QED) is 0.470. The first-order chi connectivity index (χ1) is 18.0. The monoisotopic (exact) mass is 507 g/mol. The molecule has 11 heteroatoms. The predicted molar refractivity (Wildman–Crippen MR) is 137 cm³/mol. The van der Waals surface area contributed by atoms with Gasteiger partial charge in [-0.1, -0.05) is 0 Å². The van der Waals surface area contributed by atoms with Crippen LogP contribution in [-0.2, 0) is 28.9 Å². The summed E-state index contributed by atoms with van der Waals surface area (Å²) in [6.45, 7) is 2.98. The number of nitrogens with zero attached hydrogens (tertiary/aromatic N) is 5. The van der Waals surface area contributed by atoms with Gasteiger partial charge in [0.2, 0.25) is 11.8 Å². The molecule has 1 saturated heterocycles. The Balaban J connectivity index is 1.27. The third-order valence-electron chi connectivity index (χ3n) is 7.17. The standard InChI is InChI=1S/C26H33N7O4/c1-16(34)29-22(14-17-13-19(36-2)7-8-23(17)37-3)24(35)30-18-9-11-32(12-10-18)25-20-5-4-6-21(20)31-26-27-15-28-33(25)26/h7-8,13,15,18,22H,4-6,9-12,14H2,1-3H3,(H,29,34)(H,30,35). The van der Waals surface area contributed by atoms with Crippen LogP contribution >= 0.6 is 0 Å². The van der Waals surface area contributed by atoms with Crippen molar-refractivity contribution in [3.05, 3.63) is 41.3 Å². The minimum atomic E-state index is -0.727. The van der Waals surface area contributed by atoms with Crippen LogP contribution in [-0.4, -0.2) is 70.8 Å². The lowest BCUT2D eigenvalue weighted by atomic mass is 10.0. The first-order valence-electron chi connectivity index (χ1n) is 12.7. The van der Waals surface area contributed by atoms with Gasteiger partial charge in [-0.3, -0.25) is 9.59 Å². The number of methoxy groups -OCH3 is 2. The molecule has 11 nitrogen and oxygen atoms in total. The number of amides is 2. The number of carbonyl (C=O) groups is 2. The van der Waals surface area contributed by atoms with Gasteiger partial charge in [-0.25, -0.2) is 4.98 Å². The molecule has 2 amide bonds. The van der Waals surface area contributed by atoms with Crippen molar-refractivity contribution < 1.29 is 19.1 Å². The van der Waals surface area contributed by atoms with E-state index in [4.69, 9.17) is 9.47 Å². The van der Waals surface area contributed by atoms with Crippen molar-refractivity contribution >= 4 is 23.4 Å². The van der Waals surface area contributed by atoms with Crippen LogP contribution in [0.2, 0.25) is 0 Å². The van der Waals surface area contributed by atoms with E-state index in [1.807, 2.05) is 10.6 Å². The summed E-state index contributed by atoms with van der Waals surface area (Å²) < 4.78 is 12.6. The number of piperidine rings is 1. The number of aryl methyl sites for hydroxylation is 1. The lowest BCUT2D eigenvalue weighted by Gasteiger charge is -2.35. The average Bonchev–Trinajstić information content (AvgIpc) is 3.56. The Bertz CT molecular complexity index is 1300. The number of hydrogen-bond donors (Lipinski definition) is 2. The first kappa shape index (κ1) is 24.8. The van der Waals surface area contributed by atoms with Crippen LogP contribution in [0.4, 0.5) is 5.82 Å². The number of nitrogens with one attached hydrogen (secondary N) is 2. The van der Waals surface area contributed by atoms with Crippen LogP contribution in [0.3, 0.4) is 0 Å². The largest absolute Gasteiger partial charge is 0.497 e. The number of aromatic nitrogens is 4. The molecule has 5 rings (SSSR count). The third kappa shape index (κ3) is 5.16. The molecular formula is C26H33N7O4. The fraction of sp³-hybridized carbons (Fsp3) is 0.500. The zero-order valence-electron chi connectivity index (χ0n) is 21.5. The third-order valence-corrected chi connectivity index (χ3v) is 7.17. The molecule has 1 fully saturated rings. The number of ether oxygens (including phenoxy) is 2. The molecule has 1 aromatic carbocycles. The number of hydrogen-bond acceptors (Lipinski definition) is 8. The first-order valence-corrected chi connectivity index (χ1v) is 12.7. The molecule has 0 saturated carbocycles. The molecule has 3 aromatic rings. The Kier molecular flexibility index (Phi) is 7.11. The summed E-state index contributed by atoms with van der Waals surface area (Å²) in [5, 5.41) is 10.4. The highest BCUT2D eigenvalue weighted by molar-refractivity contribution is 5.87. The SMILES string of the molecule is COc1ccc(OC)c(CC(NC(C)=O)C(=O)NC2CCN(c3c4c(nc5ncnn35)CCC4)CC2)c1. The fourth-order valence-corrected chi connectivity index (χ4v) is 5.38. The molecule has 0 radical (unpaired) electrons. The smallest absolute Gasteiger partial charge is 0.254 e. The maximum Gasteiger partial charge on any atom is 0.254 e. The molecule has 1 unspecified atom stereocenters. The number of benzene rings is 1. The summed E-state index contributed by atoms with van der Waals surface area (Å²) in [5.74, 6) is 2.55. The molecule has 0 spiro atoms. The van der Waals surface area contributed by atoms with E-state index in [0.29, 0.717) is 17.3 Å². The topological polar surface area (TPSA) is 123 Å². The van der Waals surface area contributed by atoms with E-state index in [0.717, 1.165) is 62.3 Å². The minimum absolute atomic E-state index is 0.00772. The highest BCUT2D eigenvalue weighted by Crippen LogP contribution is 2.32. The number of rotatable bonds is 8. The molecule has 0 bridgehead atoms. The van der Waals surface area contributed by atoms with Gasteiger partial charge in [0.15, 0.2) is 0 Å². The van der Waals surface area contributed by atoms with Gasteiger partial charge in [0.1, 0.15) is 29.7 Å². The van der Waals surface area contributed by atoms with Crippen LogP contribution in [0.15, 0.2) is 24.5 Å². The van der Waals surface area contributed by atoms with Crippen LogP contribution in [0.1, 0.15) is 43.0 Å². The van der Waals surface area contributed by atoms with E-state index < -0.39 is 6.04 Å². The molecular weight excluding hydrogens is 474 g/mol. The maximum atomic E-state index is 13.3. The van der Waals surface area contributed by atoms with Gasteiger partial charge >= 0.3 is 0 Å². The highest BCUT2D eigenvalue weighted by Gasteiger charge is 2.30. The molecule has 196 valence electrons. The maximum absolute atomic E-state index is 13.3. The fourth-order valence-electron chi connectivity index (χ4n) is 5.38. The predicted octanol–water partition coefficient (Wildman–Crippen LogP) is 1.46. The molecule has 1 aliphatic heterocycles. The number of fused-ring (bicyclic) bond motifs is 2. The van der Waals surface area contributed by atoms with E-state index in [-0.39, 0.29) is 24.3 Å². The minimum Gasteiger partial charge on any atom is -0.497 e. The van der Waals surface area contributed by atoms with Crippen molar-refractivity contribution in [2.75, 3.05) is 32.2 Å². The molecule has 1 atom stereocenters. The molecule has 3 heterocycles. The van der Waals surface area contributed by atoms with Gasteiger partial charge in [0.05, 0.1) is 19.9 Å². The summed E-state index contributed by atoms with van der Waals surface area (Å²) in [5.41, 5.74) is 3.17. The molecule has 2 N–H and O–H groups in total. The van der Waals surface area contributed by atoms with Crippen LogP contribution in [0, 0.1) is 0 Å². The Labute approximate surface area is 215 Å². The Morgan fingerprint density at radius 2 is 1.97 bits per heavy atom. The lowest BCUT2D eigenvalue weighted by molar-refractivity contribution is -0.128. The van der Waals surface area contributed by atoms with E-state index in [1.165, 1.54) is 12.5 Å². The summed E-state index contributed by atoms with van der Waals surface area (Å²) in [6.07, 6.45) is 6.48. The Morgan fingerprint density at radius 1 is 1.16 bits per heavy atom. The molecule has 37 heavy (non-hydrogen) atoms. The van der Waals surface area contributed by atoms with Crippen LogP contribution < -0.4 is 25.0 Å². The summed E-state index contributed by atoms with van der Waals surface area (Å²) in [7, 11) is 3.17. The average molecular weight is 508 g/mol. The molecule has 2 aromatic heterocycles. The van der Waals surface area contributed by atoms with Crippen LogP contribution in [0.25, 0.3) is 5.78 Å². The number of carbonyl (C=O) groups excluding carboxylic acids is 2. The summed E-state index contributed by atoms with van der Waals surface area (Å²) >= 11 is 0. The van der Waals surface area contributed by atoms with Gasteiger partial charge in [-0.15, -0.1) is 0 Å². The zero-order valence-corrected chi connectivity index (χ0v) is 21.5. The highest BCUT2D eigenvalue weighted by atomic mass is 16.5. The van der Waals surface area contributed by atoms with Gasteiger partial charge < -0.3 is 25.0 Å². The van der Waals surface area contributed by atoms with Crippen molar-refractivity contribution in [2.24, 2.45) is 0 Å². The molecule has 1 aliphatic carbocycles. The van der Waals surface area contributed by atoms with E-state index >= 15 is 0 Å². The van der Waals surface area contributed by atoms with Crippen molar-refractivity contribution in [3.8, 4) is 11.5 Å². The van der Waals surface area contributed by atoms with Crippen LogP contribution in [0.5, 0.6) is 11.5 Å². The second-order valence-corrected chi connectivity index (χ2v) is 9.59. The van der Waals surface area contributed by atoms with Gasteiger partial charge in [-0.2, -0.15) is 14.6 Å².